The van der Waals surface area contributed by atoms with Crippen molar-refractivity contribution in [3.8, 4) is 5.75 Å². The normalized spacial score (nSPS) is 10.5. The molecule has 1 N–H and O–H groups in total. The highest BCUT2D eigenvalue weighted by Gasteiger charge is 1.96. The smallest absolute Gasteiger partial charge is 0.102 e. The minimum atomic E-state index is 0.147. The molecule has 0 atom stereocenters. The molecule has 0 saturated heterocycles. The first kappa shape index (κ1) is 8.08. The van der Waals surface area contributed by atoms with Crippen LogP contribution in [0.2, 0.25) is 0 Å². The van der Waals surface area contributed by atoms with Gasteiger partial charge in [-0.15, -0.1) is 5.75 Å². The van der Waals surface area contributed by atoms with Crippen LogP contribution in [0, 0.1) is 0 Å². The zero-order valence-corrected chi connectivity index (χ0v) is 6.92. The fourth-order valence-electron chi connectivity index (χ4n) is 1.03. The maximum Gasteiger partial charge on any atom is 0.102 e. The molecule has 0 aromatic heterocycles. The van der Waals surface area contributed by atoms with Crippen LogP contribution in [-0.2, 0) is 6.54 Å². The molecule has 11 heavy (non-hydrogen) atoms. The van der Waals surface area contributed by atoms with E-state index in [-0.39, 0.29) is 5.75 Å². The summed E-state index contributed by atoms with van der Waals surface area (Å²) in [7, 11) is 4.07. The molecule has 2 heteroatoms. The molecule has 0 aliphatic carbocycles. The Hall–Kier alpha value is -1.02. The van der Waals surface area contributed by atoms with Crippen LogP contribution in [0.5, 0.6) is 5.75 Å². The Bertz CT molecular complexity index is 233. The van der Waals surface area contributed by atoms with Gasteiger partial charge < -0.3 is 10.0 Å². The Balaban J connectivity index is 2.78. The van der Waals surface area contributed by atoms with E-state index in [0.29, 0.717) is 0 Å². The van der Waals surface area contributed by atoms with Crippen molar-refractivity contribution in [3.05, 3.63) is 29.8 Å². The highest BCUT2D eigenvalue weighted by molar-refractivity contribution is 5.29. The molecule has 0 fully saturated rings. The number of para-hydroxylation sites is 1. The molecule has 0 amide bonds. The van der Waals surface area contributed by atoms with E-state index in [2.05, 4.69) is 0 Å². The van der Waals surface area contributed by atoms with E-state index in [1.807, 2.05) is 26.2 Å². The SMILES string of the molecule is C[NH+](C)Cc1ccccc1[O-]. The summed E-state index contributed by atoms with van der Waals surface area (Å²) in [6, 6.07) is 7.17. The van der Waals surface area contributed by atoms with E-state index in [1.54, 1.807) is 12.1 Å². The summed E-state index contributed by atoms with van der Waals surface area (Å²) >= 11 is 0. The maximum absolute atomic E-state index is 11.1. The minimum absolute atomic E-state index is 0.147. The molecule has 0 bridgehead atoms. The molecule has 0 aliphatic heterocycles. The van der Waals surface area contributed by atoms with Crippen molar-refractivity contribution in [3.63, 3.8) is 0 Å². The van der Waals surface area contributed by atoms with Gasteiger partial charge >= 0.3 is 0 Å². The van der Waals surface area contributed by atoms with Crippen LogP contribution >= 0.6 is 0 Å². The quantitative estimate of drug-likeness (QED) is 0.601. The fraction of sp³-hybridized carbons (Fsp3) is 0.333. The Morgan fingerprint density at radius 2 is 1.91 bits per heavy atom. The first-order valence-electron chi connectivity index (χ1n) is 3.74. The van der Waals surface area contributed by atoms with Gasteiger partial charge in [0.25, 0.3) is 0 Å². The van der Waals surface area contributed by atoms with E-state index in [0.717, 1.165) is 12.1 Å². The molecular weight excluding hydrogens is 138 g/mol. The van der Waals surface area contributed by atoms with Gasteiger partial charge in [0.2, 0.25) is 0 Å². The third-order valence-corrected chi connectivity index (χ3v) is 1.52. The molecule has 1 aromatic rings. The summed E-state index contributed by atoms with van der Waals surface area (Å²) in [6.45, 7) is 0.805. The zero-order valence-electron chi connectivity index (χ0n) is 6.92. The first-order valence-corrected chi connectivity index (χ1v) is 3.74. The van der Waals surface area contributed by atoms with E-state index < -0.39 is 0 Å². The number of rotatable bonds is 2. The Morgan fingerprint density at radius 3 is 2.45 bits per heavy atom. The lowest BCUT2D eigenvalue weighted by atomic mass is 10.2. The van der Waals surface area contributed by atoms with Gasteiger partial charge in [0.15, 0.2) is 0 Å². The molecular formula is C9H13NO. The Morgan fingerprint density at radius 1 is 1.27 bits per heavy atom. The highest BCUT2D eigenvalue weighted by atomic mass is 16.3. The molecule has 60 valence electrons. The molecule has 0 radical (unpaired) electrons. The van der Waals surface area contributed by atoms with Crippen LogP contribution in [0.1, 0.15) is 5.56 Å². The summed E-state index contributed by atoms with van der Waals surface area (Å²) < 4.78 is 0. The Kier molecular flexibility index (Phi) is 2.49. The van der Waals surface area contributed by atoms with Gasteiger partial charge in [-0.25, -0.2) is 0 Å². The lowest BCUT2D eigenvalue weighted by Gasteiger charge is -2.14. The van der Waals surface area contributed by atoms with Crippen molar-refractivity contribution in [2.24, 2.45) is 0 Å². The predicted octanol–water partition coefficient (Wildman–Crippen LogP) is -0.595. The van der Waals surface area contributed by atoms with Crippen LogP contribution in [0.3, 0.4) is 0 Å². The molecule has 0 aliphatic rings. The van der Waals surface area contributed by atoms with Crippen LogP contribution in [0.15, 0.2) is 24.3 Å². The standard InChI is InChI=1S/C9H13NO/c1-10(2)7-8-5-3-4-6-9(8)11/h3-6,11H,7H2,1-2H3. The summed E-state index contributed by atoms with van der Waals surface area (Å²) in [6.07, 6.45) is 0. The average molecular weight is 151 g/mol. The van der Waals surface area contributed by atoms with Gasteiger partial charge in [0, 0.05) is 0 Å². The third-order valence-electron chi connectivity index (χ3n) is 1.52. The van der Waals surface area contributed by atoms with Crippen LogP contribution in [0.25, 0.3) is 0 Å². The Labute approximate surface area is 67.1 Å². The maximum atomic E-state index is 11.1. The molecule has 0 heterocycles. The monoisotopic (exact) mass is 151 g/mol. The number of benzene rings is 1. The summed E-state index contributed by atoms with van der Waals surface area (Å²) in [5.41, 5.74) is 0.896. The molecule has 0 spiro atoms. The largest absolute Gasteiger partial charge is 0.872 e. The van der Waals surface area contributed by atoms with Crippen molar-refractivity contribution < 1.29 is 10.0 Å². The van der Waals surface area contributed by atoms with E-state index in [9.17, 15) is 5.11 Å². The van der Waals surface area contributed by atoms with Crippen molar-refractivity contribution in [2.45, 2.75) is 6.54 Å². The van der Waals surface area contributed by atoms with Crippen molar-refractivity contribution in [2.75, 3.05) is 14.1 Å². The number of quaternary nitrogens is 1. The predicted molar refractivity (Wildman–Crippen MR) is 42.4 cm³/mol. The van der Waals surface area contributed by atoms with Crippen LogP contribution < -0.4 is 10.0 Å². The van der Waals surface area contributed by atoms with Gasteiger partial charge in [-0.2, -0.15) is 0 Å². The van der Waals surface area contributed by atoms with E-state index in [4.69, 9.17) is 0 Å². The molecule has 2 nitrogen and oxygen atoms in total. The summed E-state index contributed by atoms with van der Waals surface area (Å²) in [5, 5.41) is 11.1. The number of nitrogens with one attached hydrogen (secondary N) is 1. The van der Waals surface area contributed by atoms with Gasteiger partial charge in [-0.3, -0.25) is 0 Å². The second-order valence-electron chi connectivity index (χ2n) is 2.99. The second-order valence-corrected chi connectivity index (χ2v) is 2.99. The second kappa shape index (κ2) is 3.39. The van der Waals surface area contributed by atoms with Gasteiger partial charge in [-0.05, 0) is 5.56 Å². The molecule has 1 rings (SSSR count). The van der Waals surface area contributed by atoms with Gasteiger partial charge in [0.05, 0.1) is 14.1 Å². The summed E-state index contributed by atoms with van der Waals surface area (Å²) in [4.78, 5) is 1.27. The first-order chi connectivity index (χ1) is 5.20. The lowest BCUT2D eigenvalue weighted by Crippen LogP contribution is -3.04. The number of hydrogen-bond donors (Lipinski definition) is 1. The minimum Gasteiger partial charge on any atom is -0.872 e. The molecule has 1 aromatic carbocycles. The average Bonchev–Trinajstić information content (AvgIpc) is 1.93. The van der Waals surface area contributed by atoms with Crippen molar-refractivity contribution in [1.82, 2.24) is 0 Å². The molecule has 0 saturated carbocycles. The van der Waals surface area contributed by atoms with Gasteiger partial charge in [0.1, 0.15) is 6.54 Å². The third kappa shape index (κ3) is 2.24. The van der Waals surface area contributed by atoms with E-state index >= 15 is 0 Å². The van der Waals surface area contributed by atoms with Crippen LogP contribution in [-0.4, -0.2) is 14.1 Å². The fourth-order valence-corrected chi connectivity index (χ4v) is 1.03. The van der Waals surface area contributed by atoms with E-state index in [1.165, 1.54) is 4.90 Å². The van der Waals surface area contributed by atoms with Gasteiger partial charge in [-0.1, -0.05) is 24.3 Å². The summed E-state index contributed by atoms with van der Waals surface area (Å²) in [5.74, 6) is 0.147. The number of hydrogen-bond acceptors (Lipinski definition) is 1. The zero-order chi connectivity index (χ0) is 8.27. The molecule has 0 unspecified atom stereocenters. The van der Waals surface area contributed by atoms with Crippen molar-refractivity contribution >= 4 is 0 Å². The van der Waals surface area contributed by atoms with Crippen LogP contribution in [0.4, 0.5) is 0 Å². The topological polar surface area (TPSA) is 27.5 Å². The van der Waals surface area contributed by atoms with Crippen molar-refractivity contribution in [1.29, 1.82) is 0 Å². The lowest BCUT2D eigenvalue weighted by molar-refractivity contribution is -0.872. The highest BCUT2D eigenvalue weighted by Crippen LogP contribution is 2.09.